The van der Waals surface area contributed by atoms with Gasteiger partial charge in [0.25, 0.3) is 0 Å². The lowest BCUT2D eigenvalue weighted by Gasteiger charge is -2.48. The fraction of sp³-hybridized carbons (Fsp3) is 1.00. The molecule has 2 atom stereocenters. The number of morpholine rings is 1. The Hall–Kier alpha value is -0.120. The Balaban J connectivity index is 2.76. The van der Waals surface area contributed by atoms with Crippen LogP contribution < -0.4 is 5.32 Å². The van der Waals surface area contributed by atoms with Crippen molar-refractivity contribution in [3.8, 4) is 0 Å². The van der Waals surface area contributed by atoms with Crippen LogP contribution in [-0.4, -0.2) is 49.8 Å². The van der Waals surface area contributed by atoms with E-state index in [9.17, 15) is 0 Å². The zero-order valence-electron chi connectivity index (χ0n) is 13.7. The molecule has 0 spiro atoms. The molecule has 0 aromatic carbocycles. The molecule has 1 aliphatic rings. The van der Waals surface area contributed by atoms with Crippen molar-refractivity contribution < 1.29 is 4.74 Å². The molecule has 1 rings (SSSR count). The fourth-order valence-electron chi connectivity index (χ4n) is 3.40. The maximum Gasteiger partial charge on any atom is 0.0594 e. The van der Waals surface area contributed by atoms with Crippen molar-refractivity contribution in [3.05, 3.63) is 0 Å². The molecule has 1 aliphatic heterocycles. The van der Waals surface area contributed by atoms with Gasteiger partial charge in [-0.15, -0.1) is 0 Å². The van der Waals surface area contributed by atoms with E-state index in [1.807, 2.05) is 0 Å². The highest BCUT2D eigenvalue weighted by molar-refractivity contribution is 4.97. The van der Waals surface area contributed by atoms with Crippen LogP contribution in [0.1, 0.15) is 53.4 Å². The molecule has 114 valence electrons. The lowest BCUT2D eigenvalue weighted by atomic mass is 9.80. The molecule has 2 unspecified atom stereocenters. The molecule has 0 aromatic heterocycles. The van der Waals surface area contributed by atoms with Gasteiger partial charge in [-0.2, -0.15) is 0 Å². The summed E-state index contributed by atoms with van der Waals surface area (Å²) in [4.78, 5) is 2.64. The van der Waals surface area contributed by atoms with Crippen molar-refractivity contribution in [2.45, 2.75) is 65.0 Å². The highest BCUT2D eigenvalue weighted by atomic mass is 16.5. The van der Waals surface area contributed by atoms with E-state index < -0.39 is 0 Å². The van der Waals surface area contributed by atoms with Crippen LogP contribution in [0.15, 0.2) is 0 Å². The summed E-state index contributed by atoms with van der Waals surface area (Å²) in [6.07, 6.45) is 5.05. The average Bonchev–Trinajstić information content (AvgIpc) is 2.48. The average molecular weight is 270 g/mol. The smallest absolute Gasteiger partial charge is 0.0594 e. The van der Waals surface area contributed by atoms with E-state index in [2.05, 4.69) is 45.0 Å². The van der Waals surface area contributed by atoms with E-state index >= 15 is 0 Å². The lowest BCUT2D eigenvalue weighted by molar-refractivity contribution is -0.0346. The van der Waals surface area contributed by atoms with Crippen molar-refractivity contribution in [3.63, 3.8) is 0 Å². The molecule has 0 aromatic rings. The number of likely N-dealkylation sites (N-methyl/N-ethyl adjacent to an activating group) is 1. The normalized spacial score (nSPS) is 22.4. The van der Waals surface area contributed by atoms with Crippen LogP contribution in [0.2, 0.25) is 0 Å². The first-order chi connectivity index (χ1) is 9.12. The molecule has 19 heavy (non-hydrogen) atoms. The summed E-state index contributed by atoms with van der Waals surface area (Å²) < 4.78 is 5.51. The summed E-state index contributed by atoms with van der Waals surface area (Å²) in [5.41, 5.74) is 0.251. The second-order valence-corrected chi connectivity index (χ2v) is 6.07. The summed E-state index contributed by atoms with van der Waals surface area (Å²) >= 11 is 0. The largest absolute Gasteiger partial charge is 0.379 e. The predicted molar refractivity (Wildman–Crippen MR) is 82.6 cm³/mol. The quantitative estimate of drug-likeness (QED) is 0.734. The number of nitrogens with one attached hydrogen (secondary N) is 1. The van der Waals surface area contributed by atoms with Crippen LogP contribution >= 0.6 is 0 Å². The SMILES string of the molecule is CCC(CC)CC(NC)C(C)(CC)N1CCOCC1. The maximum atomic E-state index is 5.51. The highest BCUT2D eigenvalue weighted by Gasteiger charge is 2.38. The van der Waals surface area contributed by atoms with Gasteiger partial charge < -0.3 is 10.1 Å². The third kappa shape index (κ3) is 4.17. The Morgan fingerprint density at radius 2 is 1.74 bits per heavy atom. The molecule has 0 saturated carbocycles. The lowest BCUT2D eigenvalue weighted by Crippen LogP contribution is -2.61. The fourth-order valence-corrected chi connectivity index (χ4v) is 3.40. The number of ether oxygens (including phenoxy) is 1. The molecule has 0 amide bonds. The van der Waals surface area contributed by atoms with Crippen LogP contribution in [0.4, 0.5) is 0 Å². The summed E-state index contributed by atoms with van der Waals surface area (Å²) in [7, 11) is 2.13. The van der Waals surface area contributed by atoms with Crippen molar-refractivity contribution >= 4 is 0 Å². The number of hydrogen-bond acceptors (Lipinski definition) is 3. The van der Waals surface area contributed by atoms with E-state index in [4.69, 9.17) is 4.74 Å². The monoisotopic (exact) mass is 270 g/mol. The van der Waals surface area contributed by atoms with Crippen LogP contribution in [0.25, 0.3) is 0 Å². The Kier molecular flexibility index (Phi) is 7.33. The molecule has 1 fully saturated rings. The zero-order chi connectivity index (χ0) is 14.3. The van der Waals surface area contributed by atoms with Crippen LogP contribution in [-0.2, 0) is 4.74 Å². The summed E-state index contributed by atoms with van der Waals surface area (Å²) in [6.45, 7) is 13.3. The molecule has 1 N–H and O–H groups in total. The minimum absolute atomic E-state index is 0.251. The van der Waals surface area contributed by atoms with E-state index in [0.29, 0.717) is 6.04 Å². The molecule has 0 radical (unpaired) electrons. The van der Waals surface area contributed by atoms with E-state index in [-0.39, 0.29) is 5.54 Å². The first-order valence-electron chi connectivity index (χ1n) is 8.12. The third-order valence-corrected chi connectivity index (χ3v) is 5.27. The van der Waals surface area contributed by atoms with E-state index in [0.717, 1.165) is 32.2 Å². The molecule has 0 bridgehead atoms. The number of nitrogens with zero attached hydrogens (tertiary/aromatic N) is 1. The van der Waals surface area contributed by atoms with Crippen LogP contribution in [0.5, 0.6) is 0 Å². The number of hydrogen-bond donors (Lipinski definition) is 1. The van der Waals surface area contributed by atoms with E-state index in [1.165, 1.54) is 25.7 Å². The minimum Gasteiger partial charge on any atom is -0.379 e. The van der Waals surface area contributed by atoms with Crippen molar-refractivity contribution in [2.24, 2.45) is 5.92 Å². The molecule has 3 heteroatoms. The standard InChI is InChI=1S/C16H34N2O/c1-6-14(7-2)13-15(17-5)16(4,8-3)18-9-11-19-12-10-18/h14-15,17H,6-13H2,1-5H3. The molecule has 1 heterocycles. The second-order valence-electron chi connectivity index (χ2n) is 6.07. The van der Waals surface area contributed by atoms with Crippen LogP contribution in [0, 0.1) is 5.92 Å². The molecular formula is C16H34N2O. The van der Waals surface area contributed by atoms with Gasteiger partial charge in [-0.05, 0) is 32.7 Å². The van der Waals surface area contributed by atoms with Gasteiger partial charge in [0.1, 0.15) is 0 Å². The van der Waals surface area contributed by atoms with Crippen molar-refractivity contribution in [1.82, 2.24) is 10.2 Å². The zero-order valence-corrected chi connectivity index (χ0v) is 13.7. The van der Waals surface area contributed by atoms with Gasteiger partial charge in [0.05, 0.1) is 13.2 Å². The molecule has 1 saturated heterocycles. The molecule has 3 nitrogen and oxygen atoms in total. The summed E-state index contributed by atoms with van der Waals surface area (Å²) in [6, 6.07) is 0.570. The van der Waals surface area contributed by atoms with Crippen molar-refractivity contribution in [2.75, 3.05) is 33.4 Å². The van der Waals surface area contributed by atoms with Gasteiger partial charge in [-0.3, -0.25) is 4.90 Å². The molecular weight excluding hydrogens is 236 g/mol. The topological polar surface area (TPSA) is 24.5 Å². The van der Waals surface area contributed by atoms with Gasteiger partial charge in [-0.25, -0.2) is 0 Å². The Labute approximate surface area is 120 Å². The first-order valence-corrected chi connectivity index (χ1v) is 8.12. The Morgan fingerprint density at radius 1 is 1.16 bits per heavy atom. The second kappa shape index (κ2) is 8.23. The third-order valence-electron chi connectivity index (χ3n) is 5.27. The van der Waals surface area contributed by atoms with E-state index in [1.54, 1.807) is 0 Å². The first kappa shape index (κ1) is 16.9. The van der Waals surface area contributed by atoms with Crippen LogP contribution in [0.3, 0.4) is 0 Å². The Morgan fingerprint density at radius 3 is 2.16 bits per heavy atom. The molecule has 0 aliphatic carbocycles. The van der Waals surface area contributed by atoms with Gasteiger partial charge in [0.15, 0.2) is 0 Å². The van der Waals surface area contributed by atoms with Gasteiger partial charge >= 0.3 is 0 Å². The summed E-state index contributed by atoms with van der Waals surface area (Å²) in [5, 5.41) is 3.61. The minimum atomic E-state index is 0.251. The van der Waals surface area contributed by atoms with Gasteiger partial charge in [0, 0.05) is 24.7 Å². The van der Waals surface area contributed by atoms with Gasteiger partial charge in [-0.1, -0.05) is 33.6 Å². The maximum absolute atomic E-state index is 5.51. The Bertz CT molecular complexity index is 237. The summed E-state index contributed by atoms with van der Waals surface area (Å²) in [5.74, 6) is 0.837. The van der Waals surface area contributed by atoms with Gasteiger partial charge in [0.2, 0.25) is 0 Å². The predicted octanol–water partition coefficient (Wildman–Crippen LogP) is 2.90. The van der Waals surface area contributed by atoms with Crippen molar-refractivity contribution in [1.29, 1.82) is 0 Å². The number of rotatable bonds is 8. The highest BCUT2D eigenvalue weighted by Crippen LogP contribution is 2.30.